The van der Waals surface area contributed by atoms with Crippen molar-refractivity contribution in [1.29, 1.82) is 0 Å². The maximum absolute atomic E-state index is 4.04. The Morgan fingerprint density at radius 2 is 2.09 bits per heavy atom. The Morgan fingerprint density at radius 3 is 2.45 bits per heavy atom. The van der Waals surface area contributed by atoms with Crippen molar-refractivity contribution in [2.24, 2.45) is 10.9 Å². The zero-order valence-electron chi connectivity index (χ0n) is 7.30. The van der Waals surface area contributed by atoms with E-state index in [0.717, 1.165) is 5.92 Å². The first kappa shape index (κ1) is 8.25. The molecule has 11 heavy (non-hydrogen) atoms. The first-order valence-electron chi connectivity index (χ1n) is 4.07. The molecule has 0 radical (unpaired) electrons. The minimum atomic E-state index is 0.795. The van der Waals surface area contributed by atoms with Crippen LogP contribution < -0.4 is 0 Å². The van der Waals surface area contributed by atoms with Crippen LogP contribution in [0.4, 0.5) is 0 Å². The van der Waals surface area contributed by atoms with Crippen LogP contribution in [0.25, 0.3) is 0 Å². The maximum Gasteiger partial charge on any atom is 0.0301 e. The van der Waals surface area contributed by atoms with Crippen LogP contribution in [0.2, 0.25) is 0 Å². The van der Waals surface area contributed by atoms with E-state index in [2.05, 4.69) is 25.4 Å². The van der Waals surface area contributed by atoms with Gasteiger partial charge in [0, 0.05) is 12.4 Å². The van der Waals surface area contributed by atoms with Gasteiger partial charge in [0.25, 0.3) is 0 Å². The first-order valence-corrected chi connectivity index (χ1v) is 4.07. The number of allylic oxidation sites excluding steroid dienone is 2. The van der Waals surface area contributed by atoms with Gasteiger partial charge in [0.15, 0.2) is 0 Å². The van der Waals surface area contributed by atoms with Crippen LogP contribution >= 0.6 is 0 Å². The van der Waals surface area contributed by atoms with Crippen molar-refractivity contribution < 1.29 is 0 Å². The molecule has 1 saturated carbocycles. The summed E-state index contributed by atoms with van der Waals surface area (Å²) in [5, 5.41) is 0. The molecule has 0 unspecified atom stereocenters. The van der Waals surface area contributed by atoms with Crippen molar-refractivity contribution in [1.82, 2.24) is 0 Å². The number of rotatable bonds is 3. The summed E-state index contributed by atoms with van der Waals surface area (Å²) in [6.45, 7) is 7.83. The fraction of sp³-hybridized carbons (Fsp3) is 0.500. The second kappa shape index (κ2) is 3.51. The molecule has 0 aromatic rings. The molecule has 0 heterocycles. The lowest BCUT2D eigenvalue weighted by Gasteiger charge is -1.99. The monoisotopic (exact) mass is 149 g/mol. The normalized spacial score (nSPS) is 16.9. The van der Waals surface area contributed by atoms with Crippen LogP contribution in [0.1, 0.15) is 26.7 Å². The summed E-state index contributed by atoms with van der Waals surface area (Å²) >= 11 is 0. The molecule has 1 heteroatoms. The molecule has 0 aromatic carbocycles. The Balaban J connectivity index is 2.67. The zero-order valence-corrected chi connectivity index (χ0v) is 7.30. The summed E-state index contributed by atoms with van der Waals surface area (Å²) in [5.74, 6) is 0.795. The average Bonchev–Trinajstić information content (AvgIpc) is 2.71. The second-order valence-corrected chi connectivity index (χ2v) is 3.19. The molecule has 0 spiro atoms. The average molecular weight is 149 g/mol. The predicted octanol–water partition coefficient (Wildman–Crippen LogP) is 2.95. The van der Waals surface area contributed by atoms with Crippen molar-refractivity contribution in [3.63, 3.8) is 0 Å². The molecule has 0 N–H and O–H groups in total. The third-order valence-electron chi connectivity index (χ3n) is 1.91. The molecule has 0 aromatic heterocycles. The minimum Gasteiger partial charge on any atom is -0.265 e. The molecule has 1 nitrogen and oxygen atoms in total. The van der Waals surface area contributed by atoms with Crippen LogP contribution in [0.15, 0.2) is 28.9 Å². The van der Waals surface area contributed by atoms with E-state index < -0.39 is 0 Å². The Morgan fingerprint density at radius 1 is 1.45 bits per heavy atom. The van der Waals surface area contributed by atoms with Gasteiger partial charge >= 0.3 is 0 Å². The zero-order chi connectivity index (χ0) is 8.27. The molecular formula is C10H15N. The lowest BCUT2D eigenvalue weighted by atomic mass is 10.1. The fourth-order valence-electron chi connectivity index (χ4n) is 1.17. The van der Waals surface area contributed by atoms with Crippen molar-refractivity contribution >= 4 is 6.21 Å². The van der Waals surface area contributed by atoms with Gasteiger partial charge in [0.2, 0.25) is 0 Å². The quantitative estimate of drug-likeness (QED) is 0.547. The maximum atomic E-state index is 4.04. The van der Waals surface area contributed by atoms with Crippen molar-refractivity contribution in [2.75, 3.05) is 0 Å². The molecule has 1 fully saturated rings. The van der Waals surface area contributed by atoms with Crippen LogP contribution in [0.5, 0.6) is 0 Å². The van der Waals surface area contributed by atoms with Crippen LogP contribution in [0, 0.1) is 5.92 Å². The molecule has 1 aliphatic rings. The largest absolute Gasteiger partial charge is 0.265 e. The van der Waals surface area contributed by atoms with Crippen LogP contribution in [-0.4, -0.2) is 6.21 Å². The summed E-state index contributed by atoms with van der Waals surface area (Å²) in [6.07, 6.45) is 6.21. The SMILES string of the molecule is C=CN=CC(=C(C)C)C1CC1. The summed E-state index contributed by atoms with van der Waals surface area (Å²) in [4.78, 5) is 4.04. The van der Waals surface area contributed by atoms with Gasteiger partial charge in [-0.25, -0.2) is 0 Å². The van der Waals surface area contributed by atoms with E-state index in [1.165, 1.54) is 24.0 Å². The highest BCUT2D eigenvalue weighted by atomic mass is 14.7. The Hall–Kier alpha value is -0.850. The van der Waals surface area contributed by atoms with Crippen molar-refractivity contribution in [3.8, 4) is 0 Å². The Labute approximate surface area is 68.5 Å². The number of aliphatic imine (C=N–C) groups is 1. The van der Waals surface area contributed by atoms with Crippen molar-refractivity contribution in [2.45, 2.75) is 26.7 Å². The van der Waals surface area contributed by atoms with Crippen LogP contribution in [0.3, 0.4) is 0 Å². The van der Waals surface area contributed by atoms with E-state index in [4.69, 9.17) is 0 Å². The highest BCUT2D eigenvalue weighted by Gasteiger charge is 2.25. The first-order chi connectivity index (χ1) is 5.25. The minimum absolute atomic E-state index is 0.795. The summed E-state index contributed by atoms with van der Waals surface area (Å²) in [7, 11) is 0. The van der Waals surface area contributed by atoms with Crippen LogP contribution in [-0.2, 0) is 0 Å². The van der Waals surface area contributed by atoms with Gasteiger partial charge in [0.05, 0.1) is 0 Å². The van der Waals surface area contributed by atoms with E-state index in [0.29, 0.717) is 0 Å². The van der Waals surface area contributed by atoms with E-state index in [1.54, 1.807) is 6.20 Å². The van der Waals surface area contributed by atoms with Crippen molar-refractivity contribution in [3.05, 3.63) is 23.9 Å². The standard InChI is InChI=1S/C10H15N/c1-4-11-7-10(8(2)3)9-5-6-9/h4,7,9H,1,5-6H2,2-3H3. The van der Waals surface area contributed by atoms with Gasteiger partial charge in [-0.3, -0.25) is 4.99 Å². The lowest BCUT2D eigenvalue weighted by molar-refractivity contribution is 1.04. The van der Waals surface area contributed by atoms with Gasteiger partial charge in [-0.2, -0.15) is 0 Å². The highest BCUT2D eigenvalue weighted by Crippen LogP contribution is 2.36. The molecule has 1 aliphatic carbocycles. The number of nitrogens with zero attached hydrogens (tertiary/aromatic N) is 1. The highest BCUT2D eigenvalue weighted by molar-refractivity contribution is 5.81. The summed E-state index contributed by atoms with van der Waals surface area (Å²) < 4.78 is 0. The molecule has 0 saturated heterocycles. The fourth-order valence-corrected chi connectivity index (χ4v) is 1.17. The third-order valence-corrected chi connectivity index (χ3v) is 1.91. The number of hydrogen-bond donors (Lipinski definition) is 0. The molecule has 0 atom stereocenters. The summed E-state index contributed by atoms with van der Waals surface area (Å²) in [6, 6.07) is 0. The third kappa shape index (κ3) is 2.34. The Bertz CT molecular complexity index is 203. The smallest absolute Gasteiger partial charge is 0.0301 e. The van der Waals surface area contributed by atoms with E-state index >= 15 is 0 Å². The number of hydrogen-bond acceptors (Lipinski definition) is 1. The van der Waals surface area contributed by atoms with Gasteiger partial charge in [0.1, 0.15) is 0 Å². The summed E-state index contributed by atoms with van der Waals surface area (Å²) in [5.41, 5.74) is 2.79. The molecule has 0 amide bonds. The molecule has 60 valence electrons. The van der Waals surface area contributed by atoms with Gasteiger partial charge in [-0.05, 0) is 38.2 Å². The molecule has 0 aliphatic heterocycles. The van der Waals surface area contributed by atoms with Gasteiger partial charge < -0.3 is 0 Å². The van der Waals surface area contributed by atoms with Gasteiger partial charge in [-0.15, -0.1) is 0 Å². The lowest BCUT2D eigenvalue weighted by Crippen LogP contribution is -1.89. The van der Waals surface area contributed by atoms with E-state index in [9.17, 15) is 0 Å². The topological polar surface area (TPSA) is 12.4 Å². The Kier molecular flexibility index (Phi) is 2.64. The molecule has 0 bridgehead atoms. The molecular weight excluding hydrogens is 134 g/mol. The van der Waals surface area contributed by atoms with Gasteiger partial charge in [-0.1, -0.05) is 12.2 Å². The van der Waals surface area contributed by atoms with E-state index in [-0.39, 0.29) is 0 Å². The molecule has 1 rings (SSSR count). The second-order valence-electron chi connectivity index (χ2n) is 3.19. The van der Waals surface area contributed by atoms with E-state index in [1.807, 2.05) is 6.21 Å². The predicted molar refractivity (Wildman–Crippen MR) is 49.8 cm³/mol.